The fraction of sp³-hybridized carbons (Fsp3) is 0.273. The number of thiocarbonyl (C=S) groups is 1. The van der Waals surface area contributed by atoms with Gasteiger partial charge in [0.15, 0.2) is 11.3 Å². The number of methoxy groups -OCH3 is 1. The molecule has 2 aromatic rings. The molecule has 0 spiro atoms. The fourth-order valence-corrected chi connectivity index (χ4v) is 4.25. The lowest BCUT2D eigenvalue weighted by atomic mass is 10.1. The van der Waals surface area contributed by atoms with Gasteiger partial charge >= 0.3 is 0 Å². The van der Waals surface area contributed by atoms with E-state index < -0.39 is 0 Å². The zero-order chi connectivity index (χ0) is 22.0. The molecule has 0 bridgehead atoms. The highest BCUT2D eigenvalue weighted by molar-refractivity contribution is 8.26. The van der Waals surface area contributed by atoms with E-state index in [2.05, 4.69) is 36.6 Å². The number of para-hydroxylation sites is 1. The van der Waals surface area contributed by atoms with Crippen LogP contribution in [0, 0.1) is 6.92 Å². The third-order valence-corrected chi connectivity index (χ3v) is 5.74. The van der Waals surface area contributed by atoms with Gasteiger partial charge in [-0.3, -0.25) is 5.43 Å². The first-order valence-electron chi connectivity index (χ1n) is 9.86. The Hall–Kier alpha value is -2.91. The second-order valence-electron chi connectivity index (χ2n) is 7.21. The molecule has 9 heteroatoms. The van der Waals surface area contributed by atoms with Crippen molar-refractivity contribution < 1.29 is 4.74 Å². The van der Waals surface area contributed by atoms with Gasteiger partial charge in [0.25, 0.3) is 0 Å². The molecule has 31 heavy (non-hydrogen) atoms. The van der Waals surface area contributed by atoms with Crippen molar-refractivity contribution >= 4 is 45.1 Å². The molecule has 1 atom stereocenters. The summed E-state index contributed by atoms with van der Waals surface area (Å²) < 4.78 is 5.48. The van der Waals surface area contributed by atoms with Crippen molar-refractivity contribution in [3.8, 4) is 5.75 Å². The summed E-state index contributed by atoms with van der Waals surface area (Å²) in [7, 11) is 1.66. The molecule has 1 N–H and O–H groups in total. The van der Waals surface area contributed by atoms with Gasteiger partial charge in [0, 0.05) is 5.56 Å². The van der Waals surface area contributed by atoms with E-state index in [1.165, 1.54) is 17.3 Å². The Kier molecular flexibility index (Phi) is 6.24. The first-order valence-corrected chi connectivity index (χ1v) is 11.1. The highest BCUT2D eigenvalue weighted by Crippen LogP contribution is 2.36. The molecule has 0 aromatic heterocycles. The van der Waals surface area contributed by atoms with Crippen LogP contribution in [-0.2, 0) is 6.54 Å². The lowest BCUT2D eigenvalue weighted by Crippen LogP contribution is -2.54. The van der Waals surface area contributed by atoms with Gasteiger partial charge in [0.05, 0.1) is 23.7 Å². The zero-order valence-electron chi connectivity index (χ0n) is 17.9. The number of fused-ring (bicyclic) bond motifs is 1. The van der Waals surface area contributed by atoms with Crippen molar-refractivity contribution in [1.29, 1.82) is 0 Å². The zero-order valence-corrected chi connectivity index (χ0v) is 19.5. The maximum absolute atomic E-state index is 5.48. The third-order valence-electron chi connectivity index (χ3n) is 4.81. The predicted molar refractivity (Wildman–Crippen MR) is 131 cm³/mol. The van der Waals surface area contributed by atoms with Crippen LogP contribution in [0.15, 0.2) is 63.6 Å². The number of guanidine groups is 1. The maximum Gasteiger partial charge on any atom is 0.244 e. The van der Waals surface area contributed by atoms with Gasteiger partial charge in [-0.2, -0.15) is 10.1 Å². The lowest BCUT2D eigenvalue weighted by Gasteiger charge is -2.40. The molecule has 0 radical (unpaired) electrons. The van der Waals surface area contributed by atoms with Crippen molar-refractivity contribution in [2.45, 2.75) is 33.5 Å². The minimum absolute atomic E-state index is 0.271. The molecule has 0 saturated heterocycles. The van der Waals surface area contributed by atoms with Crippen LogP contribution in [0.5, 0.6) is 5.75 Å². The van der Waals surface area contributed by atoms with Crippen molar-refractivity contribution in [3.05, 3.63) is 65.2 Å². The molecule has 0 fully saturated rings. The first-order chi connectivity index (χ1) is 15.0. The van der Waals surface area contributed by atoms with Crippen molar-refractivity contribution in [3.63, 3.8) is 0 Å². The summed E-state index contributed by atoms with van der Waals surface area (Å²) in [6.45, 7) is 6.32. The second-order valence-corrected chi connectivity index (χ2v) is 8.98. The number of nitrogens with one attached hydrogen (secondary N) is 1. The van der Waals surface area contributed by atoms with Crippen LogP contribution in [0.25, 0.3) is 0 Å². The summed E-state index contributed by atoms with van der Waals surface area (Å²) in [5.41, 5.74) is 6.50. The van der Waals surface area contributed by atoms with E-state index in [0.717, 1.165) is 27.1 Å². The van der Waals surface area contributed by atoms with Gasteiger partial charge in [0.1, 0.15) is 5.75 Å². The Balaban J connectivity index is 1.78. The van der Waals surface area contributed by atoms with Crippen LogP contribution in [-0.4, -0.2) is 38.3 Å². The number of aryl methyl sites for hydroxylation is 1. The van der Waals surface area contributed by atoms with Gasteiger partial charge < -0.3 is 4.74 Å². The number of nitrogens with zero attached hydrogens (tertiary/aromatic N) is 5. The average molecular weight is 453 g/mol. The molecule has 2 aromatic carbocycles. The number of amidine groups is 1. The molecule has 4 rings (SSSR count). The van der Waals surface area contributed by atoms with Crippen LogP contribution in [0.2, 0.25) is 0 Å². The number of hydrogen-bond donors (Lipinski definition) is 1. The van der Waals surface area contributed by atoms with E-state index in [0.29, 0.717) is 17.5 Å². The molecule has 0 amide bonds. The molecule has 2 heterocycles. The van der Waals surface area contributed by atoms with Gasteiger partial charge in [-0.25, -0.2) is 15.0 Å². The lowest BCUT2D eigenvalue weighted by molar-refractivity contribution is 0.135. The summed E-state index contributed by atoms with van der Waals surface area (Å²) in [6, 6.07) is 16.2. The standard InChI is InChI=1S/C22H24N6OS2/c1-14-9-11-17(12-10-14)20-27(25-15(2)30)21(24-22-28(20)26-16(3)31-22)23-13-18-7-5-6-8-19(18)29-4/h5-12,20H,13H2,1-4H3,(H,25,30). The van der Waals surface area contributed by atoms with E-state index in [9.17, 15) is 0 Å². The highest BCUT2D eigenvalue weighted by Gasteiger charge is 2.40. The number of hydrogen-bond acceptors (Lipinski definition) is 6. The van der Waals surface area contributed by atoms with E-state index in [-0.39, 0.29) is 6.17 Å². The van der Waals surface area contributed by atoms with E-state index in [1.807, 2.05) is 48.1 Å². The number of hydrazine groups is 1. The van der Waals surface area contributed by atoms with E-state index >= 15 is 0 Å². The largest absolute Gasteiger partial charge is 0.496 e. The Bertz CT molecular complexity index is 1080. The number of benzene rings is 2. The quantitative estimate of drug-likeness (QED) is 0.676. The molecule has 160 valence electrons. The van der Waals surface area contributed by atoms with Crippen molar-refractivity contribution in [2.24, 2.45) is 15.1 Å². The van der Waals surface area contributed by atoms with E-state index in [1.54, 1.807) is 7.11 Å². The minimum Gasteiger partial charge on any atom is -0.496 e. The molecule has 2 aliphatic rings. The highest BCUT2D eigenvalue weighted by atomic mass is 32.2. The summed E-state index contributed by atoms with van der Waals surface area (Å²) in [5.74, 6) is 1.34. The molecule has 2 aliphatic heterocycles. The summed E-state index contributed by atoms with van der Waals surface area (Å²) >= 11 is 6.92. The summed E-state index contributed by atoms with van der Waals surface area (Å²) in [6.07, 6.45) is -0.271. The van der Waals surface area contributed by atoms with Gasteiger partial charge in [-0.15, -0.1) is 0 Å². The van der Waals surface area contributed by atoms with Gasteiger partial charge in [-0.05, 0) is 44.2 Å². The van der Waals surface area contributed by atoms with Crippen molar-refractivity contribution in [1.82, 2.24) is 15.4 Å². The van der Waals surface area contributed by atoms with E-state index in [4.69, 9.17) is 32.0 Å². The number of hydrazone groups is 1. The molecule has 0 saturated carbocycles. The molecule has 0 aliphatic carbocycles. The topological polar surface area (TPSA) is 64.8 Å². The molecular weight excluding hydrogens is 428 g/mol. The summed E-state index contributed by atoms with van der Waals surface area (Å²) in [4.78, 5) is 10.3. The number of thioether (sulfide) groups is 1. The van der Waals surface area contributed by atoms with Crippen LogP contribution in [0.1, 0.15) is 36.7 Å². The monoisotopic (exact) mass is 452 g/mol. The minimum atomic E-state index is -0.271. The number of rotatable bonds is 5. The number of ether oxygens (including phenoxy) is 1. The van der Waals surface area contributed by atoms with Crippen LogP contribution < -0.4 is 10.2 Å². The second kappa shape index (κ2) is 9.07. The maximum atomic E-state index is 5.48. The predicted octanol–water partition coefficient (Wildman–Crippen LogP) is 4.46. The van der Waals surface area contributed by atoms with Gasteiger partial charge in [0.2, 0.25) is 5.96 Å². The fourth-order valence-electron chi connectivity index (χ4n) is 3.40. The Labute approximate surface area is 191 Å². The number of aliphatic imine (C=N–C) groups is 2. The molecule has 7 nitrogen and oxygen atoms in total. The molecule has 1 unspecified atom stereocenters. The smallest absolute Gasteiger partial charge is 0.244 e. The van der Waals surface area contributed by atoms with Crippen LogP contribution in [0.4, 0.5) is 0 Å². The Morgan fingerprint density at radius 1 is 1.19 bits per heavy atom. The normalized spacial score (nSPS) is 19.1. The van der Waals surface area contributed by atoms with Crippen molar-refractivity contribution in [2.75, 3.05) is 7.11 Å². The Morgan fingerprint density at radius 2 is 1.94 bits per heavy atom. The van der Waals surface area contributed by atoms with Crippen LogP contribution >= 0.6 is 24.0 Å². The average Bonchev–Trinajstić information content (AvgIpc) is 3.12. The summed E-state index contributed by atoms with van der Waals surface area (Å²) in [5, 5.41) is 10.2. The SMILES string of the molecule is COc1ccccc1CN=C1N=C2SC(C)=NN2C(c2ccc(C)cc2)N1NC(C)=S. The van der Waals surface area contributed by atoms with Crippen LogP contribution in [0.3, 0.4) is 0 Å². The van der Waals surface area contributed by atoms with Gasteiger partial charge in [-0.1, -0.05) is 60.2 Å². The molecular formula is C22H24N6OS2. The first kappa shape index (κ1) is 21.3. The third kappa shape index (κ3) is 4.57. The Morgan fingerprint density at radius 3 is 2.65 bits per heavy atom.